The third kappa shape index (κ3) is 3.90. The number of aromatic nitrogens is 3. The standard InChI is InChI=1S/C14H17BrN4O/c1-10(7-11-3-5-12(15)6-4-11)14(20)16-8-13-17-9-18-19(13)2/h3-6,9-10H,7-8H2,1-2H3,(H,16,20)/t10-/m1/s1. The SMILES string of the molecule is C[C@H](Cc1ccc(Br)cc1)C(=O)NCc1ncnn1C. The fourth-order valence-corrected chi connectivity index (χ4v) is 2.15. The summed E-state index contributed by atoms with van der Waals surface area (Å²) >= 11 is 3.40. The first-order valence-corrected chi connectivity index (χ1v) is 7.20. The van der Waals surface area contributed by atoms with Gasteiger partial charge in [-0.2, -0.15) is 5.10 Å². The summed E-state index contributed by atoms with van der Waals surface area (Å²) in [5.74, 6) is 0.689. The maximum Gasteiger partial charge on any atom is 0.223 e. The van der Waals surface area contributed by atoms with Crippen LogP contribution in [0.15, 0.2) is 35.1 Å². The van der Waals surface area contributed by atoms with Crippen molar-refractivity contribution in [2.45, 2.75) is 19.9 Å². The molecule has 0 bridgehead atoms. The Bertz CT molecular complexity index is 579. The van der Waals surface area contributed by atoms with Crippen molar-refractivity contribution in [3.8, 4) is 0 Å². The second-order valence-corrected chi connectivity index (χ2v) is 5.66. The highest BCUT2D eigenvalue weighted by molar-refractivity contribution is 9.10. The second kappa shape index (κ2) is 6.65. The maximum absolute atomic E-state index is 12.0. The van der Waals surface area contributed by atoms with Crippen molar-refractivity contribution in [2.24, 2.45) is 13.0 Å². The lowest BCUT2D eigenvalue weighted by Gasteiger charge is -2.12. The van der Waals surface area contributed by atoms with Gasteiger partial charge >= 0.3 is 0 Å². The summed E-state index contributed by atoms with van der Waals surface area (Å²) in [7, 11) is 1.81. The fourth-order valence-electron chi connectivity index (χ4n) is 1.89. The molecule has 0 saturated carbocycles. The van der Waals surface area contributed by atoms with Crippen molar-refractivity contribution in [2.75, 3.05) is 0 Å². The number of aryl methyl sites for hydroxylation is 1. The van der Waals surface area contributed by atoms with Gasteiger partial charge in [-0.05, 0) is 24.1 Å². The molecule has 0 fully saturated rings. The Morgan fingerprint density at radius 3 is 2.70 bits per heavy atom. The highest BCUT2D eigenvalue weighted by atomic mass is 79.9. The van der Waals surface area contributed by atoms with Crippen LogP contribution < -0.4 is 5.32 Å². The first-order valence-electron chi connectivity index (χ1n) is 6.41. The number of carbonyl (C=O) groups is 1. The predicted octanol–water partition coefficient (Wildman–Crippen LogP) is 2.07. The van der Waals surface area contributed by atoms with Crippen molar-refractivity contribution in [1.29, 1.82) is 0 Å². The van der Waals surface area contributed by atoms with Gasteiger partial charge < -0.3 is 5.32 Å². The van der Waals surface area contributed by atoms with Crippen molar-refractivity contribution in [3.63, 3.8) is 0 Å². The van der Waals surface area contributed by atoms with E-state index in [4.69, 9.17) is 0 Å². The lowest BCUT2D eigenvalue weighted by molar-refractivity contribution is -0.124. The highest BCUT2D eigenvalue weighted by Gasteiger charge is 2.14. The molecule has 1 atom stereocenters. The molecule has 0 aliphatic carbocycles. The first-order chi connectivity index (χ1) is 9.56. The van der Waals surface area contributed by atoms with Gasteiger partial charge in [-0.3, -0.25) is 9.48 Å². The summed E-state index contributed by atoms with van der Waals surface area (Å²) in [6, 6.07) is 8.02. The number of hydrogen-bond donors (Lipinski definition) is 1. The Kier molecular flexibility index (Phi) is 4.89. The third-order valence-corrected chi connectivity index (χ3v) is 3.66. The molecule has 5 nitrogen and oxygen atoms in total. The van der Waals surface area contributed by atoms with Crippen LogP contribution in [0.3, 0.4) is 0 Å². The molecule has 0 spiro atoms. The zero-order valence-electron chi connectivity index (χ0n) is 11.5. The molecule has 2 aromatic rings. The molecule has 1 amide bonds. The Labute approximate surface area is 126 Å². The Balaban J connectivity index is 1.86. The van der Waals surface area contributed by atoms with E-state index in [1.807, 2.05) is 31.2 Å². The summed E-state index contributed by atoms with van der Waals surface area (Å²) in [5.41, 5.74) is 1.15. The Morgan fingerprint density at radius 1 is 1.40 bits per heavy atom. The molecule has 1 aromatic heterocycles. The van der Waals surface area contributed by atoms with E-state index in [2.05, 4.69) is 31.3 Å². The average Bonchev–Trinajstić information content (AvgIpc) is 2.84. The van der Waals surface area contributed by atoms with E-state index >= 15 is 0 Å². The van der Waals surface area contributed by atoms with Gasteiger partial charge in [0.15, 0.2) is 0 Å². The molecule has 0 unspecified atom stereocenters. The van der Waals surface area contributed by atoms with Gasteiger partial charge in [0.25, 0.3) is 0 Å². The first kappa shape index (κ1) is 14.7. The molecule has 1 aromatic carbocycles. The molecule has 1 N–H and O–H groups in total. The average molecular weight is 337 g/mol. The lowest BCUT2D eigenvalue weighted by Crippen LogP contribution is -2.30. The van der Waals surface area contributed by atoms with Crippen molar-refractivity contribution < 1.29 is 4.79 Å². The number of amides is 1. The van der Waals surface area contributed by atoms with Crippen LogP contribution in [0.1, 0.15) is 18.3 Å². The van der Waals surface area contributed by atoms with Crippen molar-refractivity contribution in [1.82, 2.24) is 20.1 Å². The van der Waals surface area contributed by atoms with Crippen LogP contribution >= 0.6 is 15.9 Å². The smallest absolute Gasteiger partial charge is 0.223 e. The van der Waals surface area contributed by atoms with Gasteiger partial charge in [0.1, 0.15) is 12.2 Å². The minimum absolute atomic E-state index is 0.0240. The number of carbonyl (C=O) groups excluding carboxylic acids is 1. The van der Waals surface area contributed by atoms with Crippen LogP contribution in [0, 0.1) is 5.92 Å². The van der Waals surface area contributed by atoms with Crippen LogP contribution in [0.2, 0.25) is 0 Å². The summed E-state index contributed by atoms with van der Waals surface area (Å²) in [6.07, 6.45) is 2.20. The summed E-state index contributed by atoms with van der Waals surface area (Å²) in [5, 5.41) is 6.85. The molecule has 1 heterocycles. The fraction of sp³-hybridized carbons (Fsp3) is 0.357. The van der Waals surface area contributed by atoms with E-state index < -0.39 is 0 Å². The van der Waals surface area contributed by atoms with Crippen LogP contribution in [0.25, 0.3) is 0 Å². The van der Waals surface area contributed by atoms with E-state index in [1.165, 1.54) is 6.33 Å². The third-order valence-electron chi connectivity index (χ3n) is 3.13. The largest absolute Gasteiger partial charge is 0.349 e. The zero-order chi connectivity index (χ0) is 14.5. The van der Waals surface area contributed by atoms with E-state index in [-0.39, 0.29) is 11.8 Å². The van der Waals surface area contributed by atoms with Crippen LogP contribution in [-0.4, -0.2) is 20.7 Å². The van der Waals surface area contributed by atoms with Gasteiger partial charge in [-0.25, -0.2) is 4.98 Å². The minimum Gasteiger partial charge on any atom is -0.349 e. The second-order valence-electron chi connectivity index (χ2n) is 4.75. The van der Waals surface area contributed by atoms with Gasteiger partial charge in [0, 0.05) is 17.4 Å². The number of nitrogens with one attached hydrogen (secondary N) is 1. The molecule has 0 aliphatic heterocycles. The molecule has 6 heteroatoms. The molecule has 20 heavy (non-hydrogen) atoms. The predicted molar refractivity (Wildman–Crippen MR) is 79.9 cm³/mol. The van der Waals surface area contributed by atoms with Crippen LogP contribution in [-0.2, 0) is 24.8 Å². The molecule has 2 rings (SSSR count). The summed E-state index contributed by atoms with van der Waals surface area (Å²) in [4.78, 5) is 16.1. The van der Waals surface area contributed by atoms with E-state index in [0.29, 0.717) is 6.54 Å². The van der Waals surface area contributed by atoms with Gasteiger partial charge in [-0.1, -0.05) is 35.0 Å². The zero-order valence-corrected chi connectivity index (χ0v) is 13.1. The molecular formula is C14H17BrN4O. The number of benzene rings is 1. The number of nitrogens with zero attached hydrogens (tertiary/aromatic N) is 3. The molecule has 0 saturated heterocycles. The Hall–Kier alpha value is -1.69. The molecule has 106 valence electrons. The number of rotatable bonds is 5. The number of halogens is 1. The van der Waals surface area contributed by atoms with Crippen molar-refractivity contribution in [3.05, 3.63) is 46.5 Å². The van der Waals surface area contributed by atoms with Crippen LogP contribution in [0.5, 0.6) is 0 Å². The number of hydrogen-bond acceptors (Lipinski definition) is 3. The van der Waals surface area contributed by atoms with Gasteiger partial charge in [-0.15, -0.1) is 0 Å². The van der Waals surface area contributed by atoms with Gasteiger partial charge in [0.2, 0.25) is 5.91 Å². The molecular weight excluding hydrogens is 320 g/mol. The minimum atomic E-state index is -0.0793. The van der Waals surface area contributed by atoms with E-state index in [1.54, 1.807) is 11.7 Å². The lowest BCUT2D eigenvalue weighted by atomic mass is 10.0. The highest BCUT2D eigenvalue weighted by Crippen LogP contribution is 2.14. The summed E-state index contributed by atoms with van der Waals surface area (Å²) in [6.45, 7) is 2.33. The topological polar surface area (TPSA) is 59.8 Å². The normalized spacial score (nSPS) is 12.2. The van der Waals surface area contributed by atoms with Crippen molar-refractivity contribution >= 4 is 21.8 Å². The Morgan fingerprint density at radius 2 is 2.10 bits per heavy atom. The summed E-state index contributed by atoms with van der Waals surface area (Å²) < 4.78 is 2.69. The van der Waals surface area contributed by atoms with E-state index in [9.17, 15) is 4.79 Å². The molecule has 0 aliphatic rings. The molecule has 0 radical (unpaired) electrons. The van der Waals surface area contributed by atoms with E-state index in [0.717, 1.165) is 22.3 Å². The van der Waals surface area contributed by atoms with Crippen LogP contribution in [0.4, 0.5) is 0 Å². The van der Waals surface area contributed by atoms with Gasteiger partial charge in [0.05, 0.1) is 6.54 Å². The maximum atomic E-state index is 12.0. The monoisotopic (exact) mass is 336 g/mol. The quantitative estimate of drug-likeness (QED) is 0.909.